The van der Waals surface area contributed by atoms with E-state index in [1.807, 2.05) is 67.6 Å². The summed E-state index contributed by atoms with van der Waals surface area (Å²) in [6.07, 6.45) is 1.63. The maximum absolute atomic E-state index is 13.2. The van der Waals surface area contributed by atoms with E-state index >= 15 is 0 Å². The third-order valence-electron chi connectivity index (χ3n) is 5.96. The monoisotopic (exact) mass is 665 g/mol. The average molecular weight is 667 g/mol. The smallest absolute Gasteiger partial charge is 0.344 e. The van der Waals surface area contributed by atoms with Gasteiger partial charge in [0, 0.05) is 4.47 Å². The van der Waals surface area contributed by atoms with Crippen LogP contribution in [0.5, 0.6) is 11.5 Å². The summed E-state index contributed by atoms with van der Waals surface area (Å²) in [6.45, 7) is 2.34. The second kappa shape index (κ2) is 11.8. The number of esters is 1. The summed E-state index contributed by atoms with van der Waals surface area (Å²) in [5.74, 6) is -0.320. The second-order valence-corrected chi connectivity index (χ2v) is 11.3. The zero-order valence-electron chi connectivity index (χ0n) is 20.6. The molecule has 0 atom stereocenters. The van der Waals surface area contributed by atoms with Crippen LogP contribution in [0.15, 0.2) is 92.7 Å². The van der Waals surface area contributed by atoms with Crippen molar-refractivity contribution in [3.05, 3.63) is 109 Å². The summed E-state index contributed by atoms with van der Waals surface area (Å²) < 4.78 is 13.0. The van der Waals surface area contributed by atoms with Gasteiger partial charge in [0.1, 0.15) is 0 Å². The van der Waals surface area contributed by atoms with Crippen LogP contribution < -0.4 is 9.47 Å². The summed E-state index contributed by atoms with van der Waals surface area (Å²) in [7, 11) is 0. The van der Waals surface area contributed by atoms with E-state index in [-0.39, 0.29) is 23.4 Å². The minimum atomic E-state index is -0.518. The highest BCUT2D eigenvalue weighted by atomic mass is 79.9. The number of thioether (sulfide) groups is 1. The van der Waals surface area contributed by atoms with E-state index in [1.165, 1.54) is 4.90 Å². The number of nitrogens with zero attached hydrogens (tertiary/aromatic N) is 1. The van der Waals surface area contributed by atoms with E-state index < -0.39 is 5.97 Å². The Balaban J connectivity index is 1.41. The van der Waals surface area contributed by atoms with Crippen LogP contribution in [0, 0.1) is 0 Å². The summed E-state index contributed by atoms with van der Waals surface area (Å²) in [5.41, 5.74) is 1.90. The van der Waals surface area contributed by atoms with Gasteiger partial charge in [-0.25, -0.2) is 4.79 Å². The average Bonchev–Trinajstić information content (AvgIpc) is 3.18. The number of carbonyl (C=O) groups excluding carboxylic acids is 3. The minimum Gasteiger partial charge on any atom is -0.490 e. The number of hydrogen-bond acceptors (Lipinski definition) is 6. The fraction of sp³-hybridized carbons (Fsp3) is 0.100. The molecule has 2 amide bonds. The SMILES string of the molecule is CCOc1cc(/C=C2\SC(=O)N(Cc3ccc(Br)cc3)C2=O)cc(Br)c1OC(=O)c1cccc2ccccc12. The largest absolute Gasteiger partial charge is 0.490 e. The number of rotatable bonds is 7. The van der Waals surface area contributed by atoms with Crippen molar-refractivity contribution in [2.24, 2.45) is 0 Å². The van der Waals surface area contributed by atoms with Crippen LogP contribution in [0.4, 0.5) is 4.79 Å². The minimum absolute atomic E-state index is 0.187. The van der Waals surface area contributed by atoms with Crippen molar-refractivity contribution in [3.8, 4) is 11.5 Å². The summed E-state index contributed by atoms with van der Waals surface area (Å²) >= 11 is 7.77. The number of ether oxygens (including phenoxy) is 2. The molecule has 1 aliphatic rings. The van der Waals surface area contributed by atoms with E-state index in [2.05, 4.69) is 31.9 Å². The van der Waals surface area contributed by atoms with Crippen LogP contribution in [0.25, 0.3) is 16.8 Å². The molecule has 0 bridgehead atoms. The maximum Gasteiger partial charge on any atom is 0.344 e. The molecule has 196 valence electrons. The van der Waals surface area contributed by atoms with E-state index in [0.717, 1.165) is 32.6 Å². The Morgan fingerprint density at radius 1 is 0.974 bits per heavy atom. The highest BCUT2D eigenvalue weighted by Crippen LogP contribution is 2.40. The zero-order chi connectivity index (χ0) is 27.5. The van der Waals surface area contributed by atoms with Gasteiger partial charge in [-0.15, -0.1) is 0 Å². The number of imide groups is 1. The normalized spacial score (nSPS) is 14.3. The zero-order valence-corrected chi connectivity index (χ0v) is 24.6. The van der Waals surface area contributed by atoms with Crippen LogP contribution >= 0.6 is 43.6 Å². The lowest BCUT2D eigenvalue weighted by molar-refractivity contribution is -0.123. The van der Waals surface area contributed by atoms with Gasteiger partial charge in [-0.3, -0.25) is 14.5 Å². The van der Waals surface area contributed by atoms with Gasteiger partial charge in [0.05, 0.1) is 28.1 Å². The predicted octanol–water partition coefficient (Wildman–Crippen LogP) is 8.22. The molecule has 1 heterocycles. The number of amides is 2. The predicted molar refractivity (Wildman–Crippen MR) is 160 cm³/mol. The van der Waals surface area contributed by atoms with Crippen LogP contribution in [-0.4, -0.2) is 28.6 Å². The number of halogens is 2. The highest BCUT2D eigenvalue weighted by Gasteiger charge is 2.35. The van der Waals surface area contributed by atoms with Crippen molar-refractivity contribution in [1.82, 2.24) is 4.90 Å². The van der Waals surface area contributed by atoms with Gasteiger partial charge in [0.15, 0.2) is 11.5 Å². The molecule has 0 spiro atoms. The number of benzene rings is 4. The third-order valence-corrected chi connectivity index (χ3v) is 7.99. The van der Waals surface area contributed by atoms with Gasteiger partial charge in [0.2, 0.25) is 0 Å². The van der Waals surface area contributed by atoms with Crippen LogP contribution in [0.2, 0.25) is 0 Å². The lowest BCUT2D eigenvalue weighted by Crippen LogP contribution is -2.27. The summed E-state index contributed by atoms with van der Waals surface area (Å²) in [5, 5.41) is 1.38. The van der Waals surface area contributed by atoms with Crippen molar-refractivity contribution in [2.75, 3.05) is 6.61 Å². The first-order valence-corrected chi connectivity index (χ1v) is 14.4. The molecule has 6 nitrogen and oxygen atoms in total. The lowest BCUT2D eigenvalue weighted by atomic mass is 10.0. The molecule has 1 aliphatic heterocycles. The second-order valence-electron chi connectivity index (χ2n) is 8.57. The fourth-order valence-corrected chi connectivity index (χ4v) is 5.79. The standard InChI is InChI=1S/C30H21Br2NO5S/c1-2-37-25-15-19(16-26-28(34)33(30(36)39-26)17-18-10-12-21(31)13-11-18)14-24(32)27(25)38-29(35)23-9-5-7-20-6-3-4-8-22(20)23/h3-16H,2,17H2,1H3/b26-16-. The molecule has 0 aliphatic carbocycles. The molecular weight excluding hydrogens is 646 g/mol. The molecule has 0 unspecified atom stereocenters. The van der Waals surface area contributed by atoms with Crippen molar-refractivity contribution in [2.45, 2.75) is 13.5 Å². The Morgan fingerprint density at radius 3 is 2.49 bits per heavy atom. The maximum atomic E-state index is 13.2. The van der Waals surface area contributed by atoms with E-state index in [4.69, 9.17) is 9.47 Å². The Hall–Kier alpha value is -3.40. The van der Waals surface area contributed by atoms with Crippen LogP contribution in [0.3, 0.4) is 0 Å². The lowest BCUT2D eigenvalue weighted by Gasteiger charge is -2.14. The third kappa shape index (κ3) is 5.95. The quantitative estimate of drug-likeness (QED) is 0.112. The van der Waals surface area contributed by atoms with E-state index in [1.54, 1.807) is 24.3 Å². The van der Waals surface area contributed by atoms with Gasteiger partial charge < -0.3 is 9.47 Å². The summed E-state index contributed by atoms with van der Waals surface area (Å²) in [6, 6.07) is 23.9. The number of fused-ring (bicyclic) bond motifs is 1. The topological polar surface area (TPSA) is 72.9 Å². The molecule has 39 heavy (non-hydrogen) atoms. The van der Waals surface area contributed by atoms with Gasteiger partial charge >= 0.3 is 5.97 Å². The van der Waals surface area contributed by atoms with Crippen LogP contribution in [-0.2, 0) is 11.3 Å². The Morgan fingerprint density at radius 2 is 1.72 bits per heavy atom. The first kappa shape index (κ1) is 27.2. The number of carbonyl (C=O) groups is 3. The molecular formula is C30H21Br2NO5S. The van der Waals surface area contributed by atoms with Crippen LogP contribution in [0.1, 0.15) is 28.4 Å². The van der Waals surface area contributed by atoms with Crippen molar-refractivity contribution in [1.29, 1.82) is 0 Å². The first-order valence-electron chi connectivity index (χ1n) is 12.0. The highest BCUT2D eigenvalue weighted by molar-refractivity contribution is 9.10. The molecule has 9 heteroatoms. The molecule has 1 saturated heterocycles. The molecule has 0 radical (unpaired) electrons. The molecule has 1 fully saturated rings. The van der Waals surface area contributed by atoms with Gasteiger partial charge in [0.25, 0.3) is 11.1 Å². The Labute approximate surface area is 246 Å². The molecule has 5 rings (SSSR count). The Kier molecular flexibility index (Phi) is 8.20. The fourth-order valence-electron chi connectivity index (χ4n) is 4.14. The van der Waals surface area contributed by atoms with Gasteiger partial charge in [-0.1, -0.05) is 64.5 Å². The van der Waals surface area contributed by atoms with Gasteiger partial charge in [-0.05, 0) is 92.9 Å². The van der Waals surface area contributed by atoms with E-state index in [0.29, 0.717) is 32.9 Å². The Bertz CT molecular complexity index is 1630. The van der Waals surface area contributed by atoms with Crippen molar-refractivity contribution >= 4 is 77.6 Å². The first-order chi connectivity index (χ1) is 18.8. The van der Waals surface area contributed by atoms with Crippen molar-refractivity contribution < 1.29 is 23.9 Å². The molecule has 0 aromatic heterocycles. The van der Waals surface area contributed by atoms with E-state index in [9.17, 15) is 14.4 Å². The van der Waals surface area contributed by atoms with Gasteiger partial charge in [-0.2, -0.15) is 0 Å². The molecule has 0 N–H and O–H groups in total. The molecule has 4 aromatic carbocycles. The number of hydrogen-bond donors (Lipinski definition) is 0. The summed E-state index contributed by atoms with van der Waals surface area (Å²) in [4.78, 5) is 40.4. The molecule has 4 aromatic rings. The van der Waals surface area contributed by atoms with Crippen molar-refractivity contribution in [3.63, 3.8) is 0 Å². The molecule has 0 saturated carbocycles.